The number of esters is 1. The number of phenolic OH excluding ortho intramolecular Hbond substituents is 1. The molecule has 5 N–H and O–H groups in total. The van der Waals surface area contributed by atoms with Gasteiger partial charge in [-0.2, -0.15) is 0 Å². The highest BCUT2D eigenvalue weighted by Crippen LogP contribution is 2.52. The van der Waals surface area contributed by atoms with E-state index < -0.39 is 89.0 Å². The Labute approximate surface area is 270 Å². The number of carbonyl (C=O) groups excluding carboxylic acids is 7. The highest BCUT2D eigenvalue weighted by Gasteiger charge is 2.69. The van der Waals surface area contributed by atoms with Crippen molar-refractivity contribution in [2.24, 2.45) is 35.3 Å². The average Bonchev–Trinajstić information content (AvgIpc) is 3.48. The fourth-order valence-electron chi connectivity index (χ4n) is 7.95. The van der Waals surface area contributed by atoms with Crippen LogP contribution in [0.3, 0.4) is 0 Å². The third-order valence-corrected chi connectivity index (χ3v) is 10.1. The average molecular weight is 657 g/mol. The van der Waals surface area contributed by atoms with Crippen LogP contribution in [-0.2, 0) is 39.9 Å². The van der Waals surface area contributed by atoms with Crippen LogP contribution < -0.4 is 16.0 Å². The second-order valence-electron chi connectivity index (χ2n) is 13.4. The van der Waals surface area contributed by atoms with Crippen LogP contribution in [-0.4, -0.2) is 103 Å². The molecule has 0 aromatic heterocycles. The lowest BCUT2D eigenvalue weighted by atomic mass is 9.52. The molecule has 4 aliphatic carbocycles. The molecule has 1 aromatic rings. The molecule has 2 unspecified atom stereocenters. The number of aliphatic hydroxyl groups is 1. The summed E-state index contributed by atoms with van der Waals surface area (Å²) in [6.45, 7) is -0.669. The number of benzene rings is 1. The normalized spacial score (nSPS) is 28.8. The van der Waals surface area contributed by atoms with E-state index in [1.807, 2.05) is 0 Å². The highest BCUT2D eigenvalue weighted by molar-refractivity contribution is 6.32. The molecule has 15 nitrogen and oxygen atoms in total. The summed E-state index contributed by atoms with van der Waals surface area (Å²) in [4.78, 5) is 94.8. The second kappa shape index (κ2) is 12.7. The predicted octanol–water partition coefficient (Wildman–Crippen LogP) is 0.563. The Morgan fingerprint density at radius 1 is 1.04 bits per heavy atom. The maximum atomic E-state index is 14.1. The molecule has 0 bridgehead atoms. The van der Waals surface area contributed by atoms with Gasteiger partial charge in [0, 0.05) is 32.1 Å². The molecule has 0 heterocycles. The van der Waals surface area contributed by atoms with Crippen molar-refractivity contribution in [3.05, 3.63) is 17.2 Å². The third-order valence-electron chi connectivity index (χ3n) is 10.1. The van der Waals surface area contributed by atoms with Crippen LogP contribution in [0.1, 0.15) is 54.4 Å². The quantitative estimate of drug-likeness (QED) is 0.130. The summed E-state index contributed by atoms with van der Waals surface area (Å²) >= 11 is 0. The number of nitrogens with two attached hydrogens (primary N) is 1. The molecule has 0 radical (unpaired) electrons. The van der Waals surface area contributed by atoms with Crippen LogP contribution in [0, 0.1) is 29.6 Å². The summed E-state index contributed by atoms with van der Waals surface area (Å²) in [6, 6.07) is 0.210. The number of ether oxygens (including phenoxy) is 2. The SMILES string of the molecule is CN(C)c1cc(NC(=O)OCOC(=O)CC2CCCC2)c(O)c2c1C[C@H]1C[C@H]3[C@H](N(C)C)C(=O)C(C(N)=O)C(=O)[C@@]3(O)C(=O)C1C2=O. The first kappa shape index (κ1) is 34.0. The van der Waals surface area contributed by atoms with Gasteiger partial charge in [-0.1, -0.05) is 12.8 Å². The van der Waals surface area contributed by atoms with E-state index in [-0.39, 0.29) is 36.4 Å². The molecule has 0 aliphatic heterocycles. The summed E-state index contributed by atoms with van der Waals surface area (Å²) in [7, 11) is 6.36. The van der Waals surface area contributed by atoms with Gasteiger partial charge in [0.1, 0.15) is 5.75 Å². The minimum atomic E-state index is -2.86. The Balaban J connectivity index is 1.43. The van der Waals surface area contributed by atoms with E-state index in [4.69, 9.17) is 15.2 Å². The Bertz CT molecular complexity index is 1550. The van der Waals surface area contributed by atoms with Crippen molar-refractivity contribution < 1.29 is 53.2 Å². The molecule has 1 aromatic carbocycles. The number of hydrogen-bond acceptors (Lipinski definition) is 13. The Kier molecular flexibility index (Phi) is 9.16. The van der Waals surface area contributed by atoms with Crippen molar-refractivity contribution >= 4 is 52.5 Å². The molecule has 254 valence electrons. The molecule has 5 rings (SSSR count). The van der Waals surface area contributed by atoms with Crippen LogP contribution in [0.15, 0.2) is 6.07 Å². The maximum Gasteiger partial charge on any atom is 0.414 e. The lowest BCUT2D eigenvalue weighted by Crippen LogP contribution is -2.74. The van der Waals surface area contributed by atoms with E-state index in [0.29, 0.717) is 11.3 Å². The Hall–Kier alpha value is -4.37. The molecule has 3 saturated carbocycles. The maximum absolute atomic E-state index is 14.1. The Morgan fingerprint density at radius 3 is 2.30 bits per heavy atom. The smallest absolute Gasteiger partial charge is 0.414 e. The third kappa shape index (κ3) is 5.75. The molecule has 6 atom stereocenters. The molecule has 15 heteroatoms. The first-order valence-electron chi connectivity index (χ1n) is 15.6. The van der Waals surface area contributed by atoms with E-state index in [1.54, 1.807) is 19.0 Å². The van der Waals surface area contributed by atoms with E-state index in [0.717, 1.165) is 25.7 Å². The summed E-state index contributed by atoms with van der Waals surface area (Å²) in [5, 5.41) is 25.4. The van der Waals surface area contributed by atoms with Gasteiger partial charge in [-0.25, -0.2) is 4.79 Å². The van der Waals surface area contributed by atoms with Crippen LogP contribution in [0.2, 0.25) is 0 Å². The fraction of sp³-hybridized carbons (Fsp3) is 0.594. The van der Waals surface area contributed by atoms with Gasteiger partial charge in [0.25, 0.3) is 0 Å². The number of aromatic hydroxyl groups is 1. The number of primary amides is 1. The highest BCUT2D eigenvalue weighted by atomic mass is 16.7. The van der Waals surface area contributed by atoms with Crippen LogP contribution in [0.5, 0.6) is 5.75 Å². The van der Waals surface area contributed by atoms with Gasteiger partial charge in [-0.05, 0) is 63.2 Å². The van der Waals surface area contributed by atoms with Gasteiger partial charge in [0.05, 0.1) is 23.2 Å². The summed E-state index contributed by atoms with van der Waals surface area (Å²) in [5.74, 6) is -12.2. The van der Waals surface area contributed by atoms with Crippen molar-refractivity contribution in [2.45, 2.75) is 56.6 Å². The molecule has 2 amide bonds. The van der Waals surface area contributed by atoms with Gasteiger partial charge in [0.2, 0.25) is 12.7 Å². The fourth-order valence-corrected chi connectivity index (χ4v) is 7.95. The topological polar surface area (TPSA) is 223 Å². The zero-order valence-corrected chi connectivity index (χ0v) is 26.7. The van der Waals surface area contributed by atoms with Crippen molar-refractivity contribution in [3.63, 3.8) is 0 Å². The number of carbonyl (C=O) groups is 7. The number of likely N-dealkylation sites (N-methyl/N-ethyl adjacent to an activating group) is 1. The predicted molar refractivity (Wildman–Crippen MR) is 163 cm³/mol. The van der Waals surface area contributed by atoms with E-state index in [2.05, 4.69) is 5.32 Å². The molecular formula is C32H40N4O11. The number of hydrogen-bond donors (Lipinski definition) is 4. The number of Topliss-reactive ketones (excluding diaryl/α,β-unsaturated/α-hetero) is 4. The molecular weight excluding hydrogens is 616 g/mol. The first-order valence-corrected chi connectivity index (χ1v) is 15.6. The van der Waals surface area contributed by atoms with Gasteiger partial charge in [-0.3, -0.25) is 39.0 Å². The zero-order valence-electron chi connectivity index (χ0n) is 26.7. The zero-order chi connectivity index (χ0) is 34.5. The largest absolute Gasteiger partial charge is 0.505 e. The number of rotatable bonds is 8. The van der Waals surface area contributed by atoms with Crippen molar-refractivity contribution in [1.82, 2.24) is 4.90 Å². The number of ketones is 4. The molecule has 0 saturated heterocycles. The summed E-state index contributed by atoms with van der Waals surface area (Å²) in [6.07, 6.45) is 3.09. The van der Waals surface area contributed by atoms with Crippen molar-refractivity contribution in [2.75, 3.05) is 45.2 Å². The number of nitrogens with one attached hydrogen (secondary N) is 1. The van der Waals surface area contributed by atoms with Crippen LogP contribution >= 0.6 is 0 Å². The van der Waals surface area contributed by atoms with E-state index in [9.17, 15) is 43.8 Å². The monoisotopic (exact) mass is 656 g/mol. The summed E-state index contributed by atoms with van der Waals surface area (Å²) in [5.41, 5.74) is 2.77. The molecule has 0 spiro atoms. The van der Waals surface area contributed by atoms with Gasteiger partial charge in [-0.15, -0.1) is 0 Å². The van der Waals surface area contributed by atoms with Gasteiger partial charge in [0.15, 0.2) is 34.7 Å². The number of fused-ring (bicyclic) bond motifs is 3. The number of amides is 2. The minimum Gasteiger partial charge on any atom is -0.505 e. The molecule has 4 aliphatic rings. The number of nitrogens with zero attached hydrogens (tertiary/aromatic N) is 2. The van der Waals surface area contributed by atoms with Crippen molar-refractivity contribution in [3.8, 4) is 5.75 Å². The van der Waals surface area contributed by atoms with Gasteiger partial charge >= 0.3 is 12.1 Å². The second-order valence-corrected chi connectivity index (χ2v) is 13.4. The van der Waals surface area contributed by atoms with E-state index in [1.165, 1.54) is 25.1 Å². The summed E-state index contributed by atoms with van der Waals surface area (Å²) < 4.78 is 9.97. The minimum absolute atomic E-state index is 0.0502. The van der Waals surface area contributed by atoms with Crippen LogP contribution in [0.25, 0.3) is 0 Å². The standard InChI is InChI=1S/C32H40N4O11/c1-35(2)19-12-18(34-31(44)47-13-46-20(37)9-14-7-5-6-8-14)25(38)22-16(19)10-15-11-17-24(36(3)4)27(40)23(30(33)43)29(42)32(17,45)28(41)21(15)26(22)39/h12,14-15,17,21,23-24,38,45H,5-11,13H2,1-4H3,(H2,33,43)(H,34,44)/t15-,17-,21?,23?,24-,32-/m0/s1. The Morgan fingerprint density at radius 2 is 1.70 bits per heavy atom. The lowest BCUT2D eigenvalue weighted by Gasteiger charge is -2.52. The van der Waals surface area contributed by atoms with Crippen LogP contribution in [0.4, 0.5) is 16.2 Å². The molecule has 3 fully saturated rings. The number of phenols is 1. The van der Waals surface area contributed by atoms with Gasteiger partial charge < -0.3 is 30.3 Å². The molecule has 47 heavy (non-hydrogen) atoms. The van der Waals surface area contributed by atoms with E-state index >= 15 is 0 Å². The van der Waals surface area contributed by atoms with Crippen molar-refractivity contribution in [1.29, 1.82) is 0 Å². The first-order chi connectivity index (χ1) is 22.1. The number of anilines is 2. The lowest BCUT2D eigenvalue weighted by molar-refractivity contribution is -0.181.